The molecule has 4 nitrogen and oxygen atoms in total. The summed E-state index contributed by atoms with van der Waals surface area (Å²) in [5.74, 6) is 0.125. The van der Waals surface area contributed by atoms with Gasteiger partial charge >= 0.3 is 0 Å². The molecule has 0 aromatic carbocycles. The maximum Gasteiger partial charge on any atom is 0.251 e. The number of likely N-dealkylation sites (N-methyl/N-ethyl adjacent to an activating group) is 1. The number of carbonyl (C=O) groups is 1. The second-order valence-corrected chi connectivity index (χ2v) is 4.03. The SMILES string of the molecule is CN1CCC(OC2CC(N)C2)C1=O. The first kappa shape index (κ1) is 8.97. The van der Waals surface area contributed by atoms with Crippen LogP contribution in [0, 0.1) is 0 Å². The summed E-state index contributed by atoms with van der Waals surface area (Å²) in [5.41, 5.74) is 5.63. The molecule has 0 bridgehead atoms. The highest BCUT2D eigenvalue weighted by molar-refractivity contribution is 5.82. The number of likely N-dealkylation sites (tertiary alicyclic amines) is 1. The summed E-state index contributed by atoms with van der Waals surface area (Å²) in [6, 6.07) is 0.291. The third-order valence-corrected chi connectivity index (χ3v) is 2.87. The molecule has 1 aliphatic heterocycles. The van der Waals surface area contributed by atoms with Crippen LogP contribution in [-0.4, -0.2) is 42.6 Å². The standard InChI is InChI=1S/C9H16N2O2/c1-11-3-2-8(9(11)12)13-7-4-6(10)5-7/h6-8H,2-5,10H2,1H3. The summed E-state index contributed by atoms with van der Waals surface area (Å²) in [4.78, 5) is 13.2. The quantitative estimate of drug-likeness (QED) is 0.642. The molecule has 1 heterocycles. The average Bonchev–Trinajstić information content (AvgIpc) is 2.33. The second kappa shape index (κ2) is 3.27. The summed E-state index contributed by atoms with van der Waals surface area (Å²) in [7, 11) is 1.82. The Kier molecular flexibility index (Phi) is 2.26. The monoisotopic (exact) mass is 184 g/mol. The van der Waals surface area contributed by atoms with Crippen molar-refractivity contribution in [3.63, 3.8) is 0 Å². The number of rotatable bonds is 2. The van der Waals surface area contributed by atoms with Gasteiger partial charge in [0.15, 0.2) is 0 Å². The Balaban J connectivity index is 1.79. The molecule has 13 heavy (non-hydrogen) atoms. The summed E-state index contributed by atoms with van der Waals surface area (Å²) < 4.78 is 5.63. The third kappa shape index (κ3) is 1.69. The lowest BCUT2D eigenvalue weighted by Gasteiger charge is -2.33. The second-order valence-electron chi connectivity index (χ2n) is 4.03. The van der Waals surface area contributed by atoms with Crippen LogP contribution in [-0.2, 0) is 9.53 Å². The fourth-order valence-electron chi connectivity index (χ4n) is 1.87. The van der Waals surface area contributed by atoms with Crippen LogP contribution in [0.1, 0.15) is 19.3 Å². The number of ether oxygens (including phenoxy) is 1. The zero-order chi connectivity index (χ0) is 9.42. The van der Waals surface area contributed by atoms with E-state index in [1.165, 1.54) is 0 Å². The van der Waals surface area contributed by atoms with Gasteiger partial charge in [-0.2, -0.15) is 0 Å². The van der Waals surface area contributed by atoms with Crippen LogP contribution in [0.2, 0.25) is 0 Å². The molecule has 0 spiro atoms. The molecular weight excluding hydrogens is 168 g/mol. The van der Waals surface area contributed by atoms with Gasteiger partial charge in [-0.25, -0.2) is 0 Å². The minimum Gasteiger partial charge on any atom is -0.365 e. The van der Waals surface area contributed by atoms with Gasteiger partial charge in [0.05, 0.1) is 6.10 Å². The van der Waals surface area contributed by atoms with E-state index in [2.05, 4.69) is 0 Å². The van der Waals surface area contributed by atoms with Gasteiger partial charge in [0.2, 0.25) is 0 Å². The van der Waals surface area contributed by atoms with Gasteiger partial charge in [0.25, 0.3) is 5.91 Å². The molecule has 2 N–H and O–H groups in total. The molecule has 1 saturated heterocycles. The fourth-order valence-corrected chi connectivity index (χ4v) is 1.87. The summed E-state index contributed by atoms with van der Waals surface area (Å²) in [5, 5.41) is 0. The van der Waals surface area contributed by atoms with Crippen LogP contribution in [0.25, 0.3) is 0 Å². The van der Waals surface area contributed by atoms with Crippen molar-refractivity contribution >= 4 is 5.91 Å². The zero-order valence-corrected chi connectivity index (χ0v) is 7.90. The minimum atomic E-state index is -0.192. The fraction of sp³-hybridized carbons (Fsp3) is 0.889. The lowest BCUT2D eigenvalue weighted by molar-refractivity contribution is -0.143. The number of amides is 1. The van der Waals surface area contributed by atoms with Crippen molar-refractivity contribution in [2.24, 2.45) is 5.73 Å². The van der Waals surface area contributed by atoms with Crippen molar-refractivity contribution in [1.82, 2.24) is 4.90 Å². The van der Waals surface area contributed by atoms with Crippen LogP contribution in [0.3, 0.4) is 0 Å². The Morgan fingerprint density at radius 2 is 2.23 bits per heavy atom. The molecule has 2 aliphatic rings. The minimum absolute atomic E-state index is 0.125. The molecule has 1 unspecified atom stereocenters. The highest BCUT2D eigenvalue weighted by Gasteiger charge is 2.35. The van der Waals surface area contributed by atoms with Crippen molar-refractivity contribution in [2.45, 2.75) is 37.5 Å². The van der Waals surface area contributed by atoms with E-state index in [0.29, 0.717) is 6.04 Å². The molecular formula is C9H16N2O2. The largest absolute Gasteiger partial charge is 0.365 e. The molecule has 1 aliphatic carbocycles. The van der Waals surface area contributed by atoms with E-state index < -0.39 is 0 Å². The van der Waals surface area contributed by atoms with Gasteiger partial charge in [0, 0.05) is 26.1 Å². The van der Waals surface area contributed by atoms with Gasteiger partial charge in [-0.3, -0.25) is 4.79 Å². The molecule has 2 rings (SSSR count). The highest BCUT2D eigenvalue weighted by atomic mass is 16.5. The first-order valence-electron chi connectivity index (χ1n) is 4.83. The van der Waals surface area contributed by atoms with Crippen LogP contribution >= 0.6 is 0 Å². The summed E-state index contributed by atoms with van der Waals surface area (Å²) in [6.07, 6.45) is 2.69. The maximum atomic E-state index is 11.4. The smallest absolute Gasteiger partial charge is 0.251 e. The van der Waals surface area contributed by atoms with Gasteiger partial charge < -0.3 is 15.4 Å². The van der Waals surface area contributed by atoms with Crippen molar-refractivity contribution in [1.29, 1.82) is 0 Å². The van der Waals surface area contributed by atoms with E-state index in [9.17, 15) is 4.79 Å². The lowest BCUT2D eigenvalue weighted by atomic mass is 9.90. The Morgan fingerprint density at radius 3 is 2.69 bits per heavy atom. The first-order chi connectivity index (χ1) is 6.16. The molecule has 0 radical (unpaired) electrons. The number of carbonyl (C=O) groups excluding carboxylic acids is 1. The molecule has 1 saturated carbocycles. The van der Waals surface area contributed by atoms with Crippen molar-refractivity contribution in [3.8, 4) is 0 Å². The third-order valence-electron chi connectivity index (χ3n) is 2.87. The van der Waals surface area contributed by atoms with E-state index >= 15 is 0 Å². The summed E-state index contributed by atoms with van der Waals surface area (Å²) >= 11 is 0. The van der Waals surface area contributed by atoms with Crippen molar-refractivity contribution < 1.29 is 9.53 Å². The van der Waals surface area contributed by atoms with E-state index in [1.54, 1.807) is 4.90 Å². The van der Waals surface area contributed by atoms with E-state index in [4.69, 9.17) is 10.5 Å². The van der Waals surface area contributed by atoms with Crippen LogP contribution in [0.15, 0.2) is 0 Å². The Morgan fingerprint density at radius 1 is 1.54 bits per heavy atom. The zero-order valence-electron chi connectivity index (χ0n) is 7.90. The van der Waals surface area contributed by atoms with Crippen LogP contribution in [0.5, 0.6) is 0 Å². The normalized spacial score (nSPS) is 39.4. The van der Waals surface area contributed by atoms with E-state index in [-0.39, 0.29) is 18.1 Å². The molecule has 2 fully saturated rings. The molecule has 74 valence electrons. The predicted octanol–water partition coefficient (Wildman–Crippen LogP) is -0.277. The van der Waals surface area contributed by atoms with Crippen LogP contribution in [0.4, 0.5) is 0 Å². The molecule has 1 amide bonds. The average molecular weight is 184 g/mol. The number of nitrogens with zero attached hydrogens (tertiary/aromatic N) is 1. The summed E-state index contributed by atoms with van der Waals surface area (Å²) in [6.45, 7) is 0.822. The first-order valence-corrected chi connectivity index (χ1v) is 4.83. The van der Waals surface area contributed by atoms with Crippen LogP contribution < -0.4 is 5.73 Å². The number of nitrogens with two attached hydrogens (primary N) is 1. The van der Waals surface area contributed by atoms with Gasteiger partial charge in [-0.1, -0.05) is 0 Å². The maximum absolute atomic E-state index is 11.4. The Hall–Kier alpha value is -0.610. The molecule has 1 atom stereocenters. The van der Waals surface area contributed by atoms with Gasteiger partial charge in [0.1, 0.15) is 6.10 Å². The number of hydrogen-bond donors (Lipinski definition) is 1. The number of hydrogen-bond acceptors (Lipinski definition) is 3. The van der Waals surface area contributed by atoms with Crippen molar-refractivity contribution in [3.05, 3.63) is 0 Å². The molecule has 4 heteroatoms. The van der Waals surface area contributed by atoms with Gasteiger partial charge in [-0.15, -0.1) is 0 Å². The Labute approximate surface area is 78.0 Å². The van der Waals surface area contributed by atoms with Crippen molar-refractivity contribution in [2.75, 3.05) is 13.6 Å². The Bertz CT molecular complexity index is 214. The van der Waals surface area contributed by atoms with E-state index in [0.717, 1.165) is 25.8 Å². The van der Waals surface area contributed by atoms with E-state index in [1.807, 2.05) is 7.05 Å². The predicted molar refractivity (Wildman–Crippen MR) is 48.1 cm³/mol. The van der Waals surface area contributed by atoms with Gasteiger partial charge in [-0.05, 0) is 12.8 Å². The molecule has 0 aromatic rings. The highest BCUT2D eigenvalue weighted by Crippen LogP contribution is 2.25. The lowest BCUT2D eigenvalue weighted by Crippen LogP contribution is -2.44. The topological polar surface area (TPSA) is 55.6 Å². The molecule has 0 aromatic heterocycles.